The number of benzene rings is 1. The molecule has 2 aromatic rings. The maximum atomic E-state index is 12.8. The van der Waals surface area contributed by atoms with Gasteiger partial charge >= 0.3 is 0 Å². The summed E-state index contributed by atoms with van der Waals surface area (Å²) in [4.78, 5) is 21.6. The van der Waals surface area contributed by atoms with Gasteiger partial charge in [0.2, 0.25) is 5.91 Å². The largest absolute Gasteiger partial charge is 0.338 e. The van der Waals surface area contributed by atoms with Crippen molar-refractivity contribution in [2.24, 2.45) is 0 Å². The number of fused-ring (bicyclic) bond motifs is 1. The van der Waals surface area contributed by atoms with E-state index in [1.165, 1.54) is 0 Å². The van der Waals surface area contributed by atoms with E-state index in [1.54, 1.807) is 6.33 Å². The quantitative estimate of drug-likeness (QED) is 0.872. The fraction of sp³-hybridized carbons (Fsp3) is 0.529. The number of piperazine rings is 1. The monoisotopic (exact) mass is 300 g/mol. The van der Waals surface area contributed by atoms with Crippen molar-refractivity contribution in [1.82, 2.24) is 19.4 Å². The second kappa shape index (κ2) is 6.08. The molecule has 1 amide bonds. The summed E-state index contributed by atoms with van der Waals surface area (Å²) in [5, 5.41) is 0. The number of nitrogens with zero attached hydrogens (tertiary/aromatic N) is 4. The summed E-state index contributed by atoms with van der Waals surface area (Å²) in [6.45, 7) is 9.92. The number of rotatable bonds is 3. The third kappa shape index (κ3) is 2.73. The van der Waals surface area contributed by atoms with Crippen LogP contribution in [-0.4, -0.2) is 57.5 Å². The van der Waals surface area contributed by atoms with E-state index in [0.717, 1.165) is 37.2 Å². The molecule has 1 aliphatic rings. The van der Waals surface area contributed by atoms with E-state index in [1.807, 2.05) is 40.7 Å². The number of hydrogen-bond donors (Lipinski definition) is 0. The van der Waals surface area contributed by atoms with Crippen LogP contribution in [0.4, 0.5) is 0 Å². The third-order valence-corrected chi connectivity index (χ3v) is 4.61. The van der Waals surface area contributed by atoms with Crippen molar-refractivity contribution >= 4 is 16.9 Å². The van der Waals surface area contributed by atoms with Gasteiger partial charge in [0.1, 0.15) is 6.04 Å². The van der Waals surface area contributed by atoms with Gasteiger partial charge in [-0.1, -0.05) is 12.1 Å². The second-order valence-corrected chi connectivity index (χ2v) is 6.27. The highest BCUT2D eigenvalue weighted by Crippen LogP contribution is 2.20. The Bertz CT molecular complexity index is 655. The summed E-state index contributed by atoms with van der Waals surface area (Å²) in [6, 6.07) is 8.29. The number of imidazole rings is 1. The van der Waals surface area contributed by atoms with E-state index in [0.29, 0.717) is 6.04 Å². The first kappa shape index (κ1) is 15.0. The molecule has 118 valence electrons. The van der Waals surface area contributed by atoms with E-state index >= 15 is 0 Å². The molecule has 5 heteroatoms. The summed E-state index contributed by atoms with van der Waals surface area (Å²) < 4.78 is 1.98. The van der Waals surface area contributed by atoms with Gasteiger partial charge in [0, 0.05) is 32.2 Å². The van der Waals surface area contributed by atoms with Crippen LogP contribution in [-0.2, 0) is 4.79 Å². The van der Waals surface area contributed by atoms with Crippen LogP contribution in [0, 0.1) is 0 Å². The first-order chi connectivity index (χ1) is 10.6. The van der Waals surface area contributed by atoms with Crippen molar-refractivity contribution in [3.63, 3.8) is 0 Å². The molecule has 22 heavy (non-hydrogen) atoms. The van der Waals surface area contributed by atoms with Gasteiger partial charge in [0.25, 0.3) is 0 Å². The number of carbonyl (C=O) groups excluding carboxylic acids is 1. The highest BCUT2D eigenvalue weighted by molar-refractivity contribution is 5.83. The number of aromatic nitrogens is 2. The van der Waals surface area contributed by atoms with Gasteiger partial charge in [-0.2, -0.15) is 0 Å². The Morgan fingerprint density at radius 1 is 1.09 bits per heavy atom. The molecule has 1 aliphatic heterocycles. The summed E-state index contributed by atoms with van der Waals surface area (Å²) in [6.07, 6.45) is 1.78. The fourth-order valence-corrected chi connectivity index (χ4v) is 3.13. The maximum Gasteiger partial charge on any atom is 0.245 e. The Kier molecular flexibility index (Phi) is 4.16. The van der Waals surface area contributed by atoms with Gasteiger partial charge in [-0.3, -0.25) is 9.69 Å². The zero-order valence-corrected chi connectivity index (χ0v) is 13.6. The zero-order chi connectivity index (χ0) is 15.7. The second-order valence-electron chi connectivity index (χ2n) is 6.27. The summed E-state index contributed by atoms with van der Waals surface area (Å²) in [5.74, 6) is 0.187. The summed E-state index contributed by atoms with van der Waals surface area (Å²) in [5.41, 5.74) is 1.95. The normalized spacial score (nSPS) is 18.1. The van der Waals surface area contributed by atoms with Crippen LogP contribution in [0.1, 0.15) is 26.8 Å². The van der Waals surface area contributed by atoms with E-state index in [2.05, 4.69) is 23.7 Å². The molecule has 2 heterocycles. The lowest BCUT2D eigenvalue weighted by Gasteiger charge is -2.38. The minimum atomic E-state index is -0.210. The SMILES string of the molecule is CC(C)N1CCN(C(=O)[C@@H](C)n2cnc3ccccc32)CC1. The van der Waals surface area contributed by atoms with Crippen LogP contribution in [0.25, 0.3) is 11.0 Å². The molecule has 1 aromatic heterocycles. The van der Waals surface area contributed by atoms with Gasteiger partial charge < -0.3 is 9.47 Å². The molecular formula is C17H24N4O. The van der Waals surface area contributed by atoms with Crippen molar-refractivity contribution in [2.45, 2.75) is 32.9 Å². The van der Waals surface area contributed by atoms with Gasteiger partial charge in [-0.25, -0.2) is 4.98 Å². The number of para-hydroxylation sites is 2. The van der Waals surface area contributed by atoms with Crippen molar-refractivity contribution in [3.05, 3.63) is 30.6 Å². The minimum Gasteiger partial charge on any atom is -0.338 e. The third-order valence-electron chi connectivity index (χ3n) is 4.61. The molecule has 0 bridgehead atoms. The highest BCUT2D eigenvalue weighted by atomic mass is 16.2. The van der Waals surface area contributed by atoms with E-state index < -0.39 is 0 Å². The molecular weight excluding hydrogens is 276 g/mol. The average molecular weight is 300 g/mol. The molecule has 0 N–H and O–H groups in total. The Balaban J connectivity index is 1.73. The van der Waals surface area contributed by atoms with Gasteiger partial charge in [0.15, 0.2) is 0 Å². The lowest BCUT2D eigenvalue weighted by atomic mass is 10.2. The Hall–Kier alpha value is -1.88. The van der Waals surface area contributed by atoms with Crippen LogP contribution < -0.4 is 0 Å². The molecule has 1 fully saturated rings. The smallest absolute Gasteiger partial charge is 0.245 e. The Labute approximate surface area is 131 Å². The predicted octanol–water partition coefficient (Wildman–Crippen LogP) is 2.15. The summed E-state index contributed by atoms with van der Waals surface area (Å²) >= 11 is 0. The van der Waals surface area contributed by atoms with Gasteiger partial charge in [-0.05, 0) is 32.9 Å². The van der Waals surface area contributed by atoms with Crippen LogP contribution in [0.5, 0.6) is 0 Å². The molecule has 1 atom stereocenters. The molecule has 5 nitrogen and oxygen atoms in total. The van der Waals surface area contributed by atoms with Crippen LogP contribution in [0.2, 0.25) is 0 Å². The number of carbonyl (C=O) groups is 1. The molecule has 1 aromatic carbocycles. The zero-order valence-electron chi connectivity index (χ0n) is 13.6. The summed E-state index contributed by atoms with van der Waals surface area (Å²) in [7, 11) is 0. The van der Waals surface area contributed by atoms with Gasteiger partial charge in [-0.15, -0.1) is 0 Å². The van der Waals surface area contributed by atoms with Gasteiger partial charge in [0.05, 0.1) is 17.4 Å². The topological polar surface area (TPSA) is 41.4 Å². The predicted molar refractivity (Wildman–Crippen MR) is 87.7 cm³/mol. The van der Waals surface area contributed by atoms with E-state index in [4.69, 9.17) is 0 Å². The number of amides is 1. The van der Waals surface area contributed by atoms with Crippen molar-refractivity contribution in [1.29, 1.82) is 0 Å². The lowest BCUT2D eigenvalue weighted by molar-refractivity contribution is -0.136. The minimum absolute atomic E-state index is 0.187. The fourth-order valence-electron chi connectivity index (χ4n) is 3.13. The molecule has 1 saturated heterocycles. The van der Waals surface area contributed by atoms with Crippen LogP contribution in [0.3, 0.4) is 0 Å². The molecule has 0 aliphatic carbocycles. The first-order valence-electron chi connectivity index (χ1n) is 8.02. The maximum absolute atomic E-state index is 12.8. The highest BCUT2D eigenvalue weighted by Gasteiger charge is 2.27. The van der Waals surface area contributed by atoms with E-state index in [-0.39, 0.29) is 11.9 Å². The Morgan fingerprint density at radius 2 is 1.77 bits per heavy atom. The molecule has 0 radical (unpaired) electrons. The molecule has 0 unspecified atom stereocenters. The van der Waals surface area contributed by atoms with Crippen molar-refractivity contribution in [2.75, 3.05) is 26.2 Å². The lowest BCUT2D eigenvalue weighted by Crippen LogP contribution is -2.51. The van der Waals surface area contributed by atoms with E-state index in [9.17, 15) is 4.79 Å². The van der Waals surface area contributed by atoms with Crippen LogP contribution >= 0.6 is 0 Å². The number of hydrogen-bond acceptors (Lipinski definition) is 3. The standard InChI is InChI=1S/C17H24N4O/c1-13(2)19-8-10-20(11-9-19)17(22)14(3)21-12-18-15-6-4-5-7-16(15)21/h4-7,12-14H,8-11H2,1-3H3/t14-/m1/s1. The molecule has 0 saturated carbocycles. The van der Waals surface area contributed by atoms with Crippen molar-refractivity contribution < 1.29 is 4.79 Å². The molecule has 0 spiro atoms. The molecule has 3 rings (SSSR count). The Morgan fingerprint density at radius 3 is 2.45 bits per heavy atom. The van der Waals surface area contributed by atoms with Crippen molar-refractivity contribution in [3.8, 4) is 0 Å². The first-order valence-corrected chi connectivity index (χ1v) is 8.02. The average Bonchev–Trinajstić information content (AvgIpc) is 2.97. The van der Waals surface area contributed by atoms with Crippen LogP contribution in [0.15, 0.2) is 30.6 Å².